The average Bonchev–Trinajstić information content (AvgIpc) is 2.25. The largest absolute Gasteiger partial charge is 0.455 e. The predicted octanol–water partition coefficient (Wildman–Crippen LogP) is 1.09. The standard InChI is InChI=1S/C12H15NO4S/c1-6-5-18-10-8(14)9(15)13(10)7(6)11(16)17-12(2,3)4/h10H,5H2,1-4H3/t10-/m1/s1. The molecule has 2 rings (SSSR count). The van der Waals surface area contributed by atoms with Crippen molar-refractivity contribution in [2.24, 2.45) is 0 Å². The van der Waals surface area contributed by atoms with Crippen LogP contribution in [0.25, 0.3) is 0 Å². The number of esters is 1. The van der Waals surface area contributed by atoms with Crippen molar-refractivity contribution in [3.8, 4) is 0 Å². The van der Waals surface area contributed by atoms with Crippen LogP contribution < -0.4 is 0 Å². The van der Waals surface area contributed by atoms with Crippen LogP contribution in [0.5, 0.6) is 0 Å². The first-order valence-corrected chi connectivity index (χ1v) is 6.69. The van der Waals surface area contributed by atoms with Gasteiger partial charge in [0, 0.05) is 5.75 Å². The Balaban J connectivity index is 2.27. The third kappa shape index (κ3) is 2.05. The molecular formula is C12H15NO4S. The van der Waals surface area contributed by atoms with E-state index in [9.17, 15) is 14.4 Å². The molecule has 0 saturated carbocycles. The van der Waals surface area contributed by atoms with Crippen LogP contribution in [0.3, 0.4) is 0 Å². The van der Waals surface area contributed by atoms with Gasteiger partial charge in [0.15, 0.2) is 5.37 Å². The number of carbonyl (C=O) groups excluding carboxylic acids is 3. The Morgan fingerprint density at radius 3 is 2.56 bits per heavy atom. The summed E-state index contributed by atoms with van der Waals surface area (Å²) in [5.74, 6) is -1.03. The van der Waals surface area contributed by atoms with Crippen LogP contribution in [-0.4, -0.2) is 39.3 Å². The third-order valence-corrected chi connectivity index (χ3v) is 3.92. The lowest BCUT2D eigenvalue weighted by Gasteiger charge is -2.42. The number of hydrogen-bond donors (Lipinski definition) is 0. The van der Waals surface area contributed by atoms with E-state index in [4.69, 9.17) is 4.74 Å². The lowest BCUT2D eigenvalue weighted by molar-refractivity contribution is -0.161. The Kier molecular flexibility index (Phi) is 3.01. The van der Waals surface area contributed by atoms with Gasteiger partial charge in [-0.1, -0.05) is 0 Å². The molecule has 1 saturated heterocycles. The molecule has 18 heavy (non-hydrogen) atoms. The molecule has 0 aromatic carbocycles. The summed E-state index contributed by atoms with van der Waals surface area (Å²) in [5, 5.41) is -0.538. The van der Waals surface area contributed by atoms with Crippen molar-refractivity contribution in [1.82, 2.24) is 4.90 Å². The molecule has 2 aliphatic rings. The highest BCUT2D eigenvalue weighted by molar-refractivity contribution is 8.01. The highest BCUT2D eigenvalue weighted by Gasteiger charge is 2.53. The molecule has 2 heterocycles. The summed E-state index contributed by atoms with van der Waals surface area (Å²) in [5.41, 5.74) is 0.382. The van der Waals surface area contributed by atoms with E-state index in [1.807, 2.05) is 0 Å². The van der Waals surface area contributed by atoms with E-state index >= 15 is 0 Å². The van der Waals surface area contributed by atoms with Gasteiger partial charge in [-0.2, -0.15) is 0 Å². The molecule has 0 unspecified atom stereocenters. The van der Waals surface area contributed by atoms with Crippen LogP contribution in [0.2, 0.25) is 0 Å². The Morgan fingerprint density at radius 1 is 1.39 bits per heavy atom. The van der Waals surface area contributed by atoms with Crippen molar-refractivity contribution >= 4 is 29.4 Å². The maximum atomic E-state index is 12.1. The number of amides is 1. The molecule has 1 fully saturated rings. The lowest BCUT2D eigenvalue weighted by Crippen LogP contribution is -2.62. The molecule has 0 aromatic heterocycles. The van der Waals surface area contributed by atoms with Crippen molar-refractivity contribution in [3.05, 3.63) is 11.3 Å². The first-order chi connectivity index (χ1) is 8.22. The van der Waals surface area contributed by atoms with Gasteiger partial charge >= 0.3 is 5.97 Å². The molecule has 6 heteroatoms. The molecule has 0 aliphatic carbocycles. The minimum Gasteiger partial charge on any atom is -0.455 e. The zero-order chi connectivity index (χ0) is 13.7. The van der Waals surface area contributed by atoms with Gasteiger partial charge in [-0.25, -0.2) is 4.79 Å². The summed E-state index contributed by atoms with van der Waals surface area (Å²) in [6, 6.07) is 0. The Hall–Kier alpha value is -1.30. The molecule has 0 bridgehead atoms. The SMILES string of the molecule is CC1=C(C(=O)OC(C)(C)C)N2C(=O)C(=O)[C@H]2SC1. The van der Waals surface area contributed by atoms with E-state index in [1.165, 1.54) is 16.7 Å². The topological polar surface area (TPSA) is 63.7 Å². The first kappa shape index (κ1) is 13.1. The second-order valence-corrected chi connectivity index (χ2v) is 6.40. The van der Waals surface area contributed by atoms with Gasteiger partial charge in [0.05, 0.1) is 0 Å². The van der Waals surface area contributed by atoms with Gasteiger partial charge in [0.25, 0.3) is 11.7 Å². The summed E-state index contributed by atoms with van der Waals surface area (Å²) in [7, 11) is 0. The highest BCUT2D eigenvalue weighted by atomic mass is 32.2. The average molecular weight is 269 g/mol. The number of carbonyl (C=O) groups is 3. The minimum atomic E-state index is -0.623. The Morgan fingerprint density at radius 2 is 2.00 bits per heavy atom. The fourth-order valence-corrected chi connectivity index (χ4v) is 2.97. The fraction of sp³-hybridized carbons (Fsp3) is 0.583. The fourth-order valence-electron chi connectivity index (χ4n) is 1.83. The van der Waals surface area contributed by atoms with Crippen molar-refractivity contribution < 1.29 is 19.1 Å². The zero-order valence-corrected chi connectivity index (χ0v) is 11.6. The van der Waals surface area contributed by atoms with Crippen LogP contribution in [0.1, 0.15) is 27.7 Å². The molecule has 0 spiro atoms. The van der Waals surface area contributed by atoms with Gasteiger partial charge in [-0.05, 0) is 33.3 Å². The van der Waals surface area contributed by atoms with E-state index < -0.39 is 28.6 Å². The van der Waals surface area contributed by atoms with Crippen molar-refractivity contribution in [3.63, 3.8) is 0 Å². The number of fused-ring (bicyclic) bond motifs is 1. The molecule has 0 aromatic rings. The predicted molar refractivity (Wildman–Crippen MR) is 66.6 cm³/mol. The molecule has 1 amide bonds. The summed E-state index contributed by atoms with van der Waals surface area (Å²) >= 11 is 1.36. The molecule has 0 N–H and O–H groups in total. The van der Waals surface area contributed by atoms with E-state index in [2.05, 4.69) is 0 Å². The number of ether oxygens (including phenoxy) is 1. The molecule has 1 atom stereocenters. The van der Waals surface area contributed by atoms with Gasteiger partial charge in [0.1, 0.15) is 11.3 Å². The van der Waals surface area contributed by atoms with Crippen LogP contribution in [0.4, 0.5) is 0 Å². The van der Waals surface area contributed by atoms with Gasteiger partial charge < -0.3 is 4.74 Å². The van der Waals surface area contributed by atoms with E-state index in [0.29, 0.717) is 5.75 Å². The van der Waals surface area contributed by atoms with Crippen molar-refractivity contribution in [2.75, 3.05) is 5.75 Å². The minimum absolute atomic E-state index is 0.235. The number of hydrogen-bond acceptors (Lipinski definition) is 5. The first-order valence-electron chi connectivity index (χ1n) is 5.64. The molecule has 0 radical (unpaired) electrons. The van der Waals surface area contributed by atoms with Crippen molar-refractivity contribution in [2.45, 2.75) is 38.7 Å². The number of ketones is 1. The smallest absolute Gasteiger partial charge is 0.355 e. The maximum Gasteiger partial charge on any atom is 0.355 e. The normalized spacial score (nSPS) is 23.8. The number of β-lactam (4-membered cyclic amide) rings is 1. The Labute approximate surface area is 110 Å². The van der Waals surface area contributed by atoms with E-state index in [0.717, 1.165) is 5.57 Å². The van der Waals surface area contributed by atoms with Crippen LogP contribution in [0, 0.1) is 0 Å². The van der Waals surface area contributed by atoms with Crippen molar-refractivity contribution in [1.29, 1.82) is 0 Å². The molecular weight excluding hydrogens is 254 g/mol. The lowest BCUT2D eigenvalue weighted by atomic mass is 10.1. The van der Waals surface area contributed by atoms with Crippen LogP contribution in [0.15, 0.2) is 11.3 Å². The summed E-state index contributed by atoms with van der Waals surface area (Å²) < 4.78 is 5.27. The quantitative estimate of drug-likeness (QED) is 0.405. The molecule has 2 aliphatic heterocycles. The van der Waals surface area contributed by atoms with E-state index in [1.54, 1.807) is 27.7 Å². The second-order valence-electron chi connectivity index (χ2n) is 5.33. The van der Waals surface area contributed by atoms with Crippen LogP contribution >= 0.6 is 11.8 Å². The Bertz CT molecular complexity index is 475. The number of rotatable bonds is 1. The number of nitrogens with zero attached hydrogens (tertiary/aromatic N) is 1. The number of Topliss-reactive ketones (excluding diaryl/α,β-unsaturated/α-hetero) is 1. The van der Waals surface area contributed by atoms with Crippen LogP contribution in [-0.2, 0) is 19.1 Å². The maximum absolute atomic E-state index is 12.1. The summed E-state index contributed by atoms with van der Waals surface area (Å²) in [4.78, 5) is 36.2. The van der Waals surface area contributed by atoms with Gasteiger partial charge in [-0.15, -0.1) is 11.8 Å². The van der Waals surface area contributed by atoms with Gasteiger partial charge in [0.2, 0.25) is 0 Å². The highest BCUT2D eigenvalue weighted by Crippen LogP contribution is 2.38. The van der Waals surface area contributed by atoms with E-state index in [-0.39, 0.29) is 5.70 Å². The summed E-state index contributed by atoms with van der Waals surface area (Å²) in [6.07, 6.45) is 0. The molecule has 98 valence electrons. The third-order valence-electron chi connectivity index (χ3n) is 2.58. The molecule has 5 nitrogen and oxygen atoms in total. The summed E-state index contributed by atoms with van der Waals surface area (Å²) in [6.45, 7) is 7.06. The van der Waals surface area contributed by atoms with Gasteiger partial charge in [-0.3, -0.25) is 14.5 Å². The second kappa shape index (κ2) is 4.12. The monoisotopic (exact) mass is 269 g/mol. The number of thioether (sulfide) groups is 1. The zero-order valence-electron chi connectivity index (χ0n) is 10.8.